The Morgan fingerprint density at radius 3 is 2.96 bits per heavy atom. The number of thioether (sulfide) groups is 1. The maximum absolute atomic E-state index is 12.3. The molecule has 2 aromatic heterocycles. The third-order valence-corrected chi connectivity index (χ3v) is 4.88. The van der Waals surface area contributed by atoms with Crippen LogP contribution in [0.3, 0.4) is 0 Å². The maximum Gasteiger partial charge on any atom is 0.233 e. The topological polar surface area (TPSA) is 89.9 Å². The van der Waals surface area contributed by atoms with Crippen molar-refractivity contribution in [2.24, 2.45) is 0 Å². The summed E-state index contributed by atoms with van der Waals surface area (Å²) in [4.78, 5) is 13.9. The van der Waals surface area contributed by atoms with Crippen molar-refractivity contribution in [2.75, 3.05) is 12.8 Å². The van der Waals surface area contributed by atoms with Crippen molar-refractivity contribution < 1.29 is 9.32 Å². The van der Waals surface area contributed by atoms with Crippen LogP contribution in [0.25, 0.3) is 0 Å². The minimum absolute atomic E-state index is 0.0108. The molecule has 3 rings (SSSR count). The summed E-state index contributed by atoms with van der Waals surface area (Å²) >= 11 is 1.38. The average molecular weight is 336 g/mol. The Labute approximate surface area is 138 Å². The number of aryl methyl sites for hydroxylation is 1. The molecule has 124 valence electrons. The van der Waals surface area contributed by atoms with E-state index in [9.17, 15) is 4.79 Å². The van der Waals surface area contributed by atoms with Gasteiger partial charge in [0.25, 0.3) is 0 Å². The first-order valence-corrected chi connectivity index (χ1v) is 8.69. The summed E-state index contributed by atoms with van der Waals surface area (Å²) in [6.07, 6.45) is 4.65. The number of nitrogens with zero attached hydrogens (tertiary/aromatic N) is 6. The predicted octanol–water partition coefficient (Wildman–Crippen LogP) is 1.84. The molecule has 1 amide bonds. The molecule has 2 heterocycles. The molecule has 8 nitrogen and oxygen atoms in total. The molecule has 9 heteroatoms. The lowest BCUT2D eigenvalue weighted by atomic mass is 10.3. The zero-order valence-electron chi connectivity index (χ0n) is 13.3. The molecular weight excluding hydrogens is 316 g/mol. The molecule has 2 aromatic rings. The van der Waals surface area contributed by atoms with Gasteiger partial charge in [-0.1, -0.05) is 29.8 Å². The number of hydrogen-bond acceptors (Lipinski definition) is 7. The molecule has 0 saturated heterocycles. The van der Waals surface area contributed by atoms with Gasteiger partial charge in [-0.05, 0) is 30.2 Å². The lowest BCUT2D eigenvalue weighted by molar-refractivity contribution is -0.127. The molecule has 1 aliphatic rings. The van der Waals surface area contributed by atoms with E-state index in [2.05, 4.69) is 20.7 Å². The number of carbonyl (C=O) groups is 1. The molecule has 0 unspecified atom stereocenters. The van der Waals surface area contributed by atoms with Gasteiger partial charge in [-0.25, -0.2) is 4.68 Å². The lowest BCUT2D eigenvalue weighted by Gasteiger charge is -2.15. The van der Waals surface area contributed by atoms with Crippen LogP contribution in [0.2, 0.25) is 0 Å². The maximum atomic E-state index is 12.3. The first-order valence-electron chi connectivity index (χ1n) is 7.70. The van der Waals surface area contributed by atoms with E-state index < -0.39 is 0 Å². The Morgan fingerprint density at radius 2 is 2.26 bits per heavy atom. The van der Waals surface area contributed by atoms with Crippen LogP contribution < -0.4 is 0 Å². The van der Waals surface area contributed by atoms with Crippen molar-refractivity contribution in [1.82, 2.24) is 30.3 Å². The van der Waals surface area contributed by atoms with E-state index in [0.717, 1.165) is 29.5 Å². The summed E-state index contributed by atoms with van der Waals surface area (Å²) < 4.78 is 6.88. The Balaban J connectivity index is 1.53. The van der Waals surface area contributed by atoms with E-state index in [1.165, 1.54) is 24.6 Å². The van der Waals surface area contributed by atoms with Crippen LogP contribution in [0, 0.1) is 6.92 Å². The van der Waals surface area contributed by atoms with Crippen molar-refractivity contribution in [1.29, 1.82) is 0 Å². The highest BCUT2D eigenvalue weighted by Gasteiger charge is 2.22. The molecule has 0 aromatic carbocycles. The summed E-state index contributed by atoms with van der Waals surface area (Å²) in [6.45, 7) is 2.27. The van der Waals surface area contributed by atoms with Crippen molar-refractivity contribution in [3.63, 3.8) is 0 Å². The molecule has 0 bridgehead atoms. The van der Waals surface area contributed by atoms with Gasteiger partial charge in [0.1, 0.15) is 11.5 Å². The number of amides is 1. The normalized spacial score (nSPS) is 15.2. The number of tetrazole rings is 1. The Hall–Kier alpha value is -1.90. The average Bonchev–Trinajstić information content (AvgIpc) is 3.25. The van der Waals surface area contributed by atoms with Gasteiger partial charge in [0.05, 0.1) is 18.3 Å². The van der Waals surface area contributed by atoms with E-state index >= 15 is 0 Å². The summed E-state index contributed by atoms with van der Waals surface area (Å²) in [5.74, 6) is 1.06. The van der Waals surface area contributed by atoms with Gasteiger partial charge in [0, 0.05) is 13.1 Å². The molecular formula is C14H20N6O2S. The van der Waals surface area contributed by atoms with Gasteiger partial charge in [-0.2, -0.15) is 0 Å². The van der Waals surface area contributed by atoms with Crippen LogP contribution in [0.5, 0.6) is 0 Å². The molecule has 23 heavy (non-hydrogen) atoms. The second-order valence-electron chi connectivity index (χ2n) is 5.81. The molecule has 0 aliphatic heterocycles. The van der Waals surface area contributed by atoms with Crippen LogP contribution in [-0.4, -0.2) is 49.0 Å². The molecule has 0 radical (unpaired) electrons. The summed E-state index contributed by atoms with van der Waals surface area (Å²) in [6, 6.07) is 2.20. The van der Waals surface area contributed by atoms with Crippen molar-refractivity contribution in [3.8, 4) is 0 Å². The van der Waals surface area contributed by atoms with Crippen molar-refractivity contribution in [2.45, 2.75) is 50.4 Å². The summed E-state index contributed by atoms with van der Waals surface area (Å²) in [5, 5.41) is 16.5. The van der Waals surface area contributed by atoms with E-state index in [1.807, 2.05) is 17.7 Å². The predicted molar refractivity (Wildman–Crippen MR) is 83.8 cm³/mol. The van der Waals surface area contributed by atoms with Gasteiger partial charge in [0.2, 0.25) is 11.1 Å². The number of rotatable bonds is 6. The molecule has 1 saturated carbocycles. The SMILES string of the molecule is Cc1cc(CN(C)C(=O)CSc2nnnn2C2CCCC2)no1. The van der Waals surface area contributed by atoms with Crippen molar-refractivity contribution >= 4 is 17.7 Å². The highest BCUT2D eigenvalue weighted by atomic mass is 32.2. The minimum Gasteiger partial charge on any atom is -0.361 e. The zero-order valence-corrected chi connectivity index (χ0v) is 14.1. The van der Waals surface area contributed by atoms with Crippen molar-refractivity contribution in [3.05, 3.63) is 17.5 Å². The third kappa shape index (κ3) is 3.90. The van der Waals surface area contributed by atoms with Gasteiger partial charge in [0.15, 0.2) is 0 Å². The number of carbonyl (C=O) groups excluding carboxylic acids is 1. The third-order valence-electron chi connectivity index (χ3n) is 3.96. The largest absolute Gasteiger partial charge is 0.361 e. The van der Waals surface area contributed by atoms with Crippen LogP contribution in [0.4, 0.5) is 0 Å². The van der Waals surface area contributed by atoms with E-state index in [0.29, 0.717) is 18.3 Å². The molecule has 0 spiro atoms. The Kier molecular flexibility index (Phi) is 4.94. The first-order chi connectivity index (χ1) is 11.1. The lowest BCUT2D eigenvalue weighted by Crippen LogP contribution is -2.28. The van der Waals surface area contributed by atoms with Gasteiger partial charge < -0.3 is 9.42 Å². The second kappa shape index (κ2) is 7.12. The van der Waals surface area contributed by atoms with Gasteiger partial charge in [-0.15, -0.1) is 5.10 Å². The quantitative estimate of drug-likeness (QED) is 0.743. The highest BCUT2D eigenvalue weighted by Crippen LogP contribution is 2.31. The molecule has 1 fully saturated rings. The monoisotopic (exact) mass is 336 g/mol. The summed E-state index contributed by atoms with van der Waals surface area (Å²) in [5.41, 5.74) is 0.749. The fraction of sp³-hybridized carbons (Fsp3) is 0.643. The summed E-state index contributed by atoms with van der Waals surface area (Å²) in [7, 11) is 1.76. The molecule has 1 aliphatic carbocycles. The van der Waals surface area contributed by atoms with E-state index in [4.69, 9.17) is 4.52 Å². The standard InChI is InChI=1S/C14H20N6O2S/c1-10-7-11(16-22-10)8-19(2)13(21)9-23-14-15-17-18-20(14)12-5-3-4-6-12/h7,12H,3-6,8-9H2,1-2H3. The van der Waals surface area contributed by atoms with Crippen LogP contribution in [0.15, 0.2) is 15.7 Å². The number of hydrogen-bond donors (Lipinski definition) is 0. The molecule has 0 atom stereocenters. The molecule has 0 N–H and O–H groups in total. The first kappa shape index (κ1) is 16.0. The fourth-order valence-corrected chi connectivity index (χ4v) is 3.60. The second-order valence-corrected chi connectivity index (χ2v) is 6.75. The number of aromatic nitrogens is 5. The highest BCUT2D eigenvalue weighted by molar-refractivity contribution is 7.99. The van der Waals surface area contributed by atoms with Gasteiger partial charge in [-0.3, -0.25) is 4.79 Å². The van der Waals surface area contributed by atoms with Crippen LogP contribution in [-0.2, 0) is 11.3 Å². The Morgan fingerprint density at radius 1 is 1.48 bits per heavy atom. The Bertz CT molecular complexity index is 664. The zero-order chi connectivity index (χ0) is 16.2. The van der Waals surface area contributed by atoms with Gasteiger partial charge >= 0.3 is 0 Å². The van der Waals surface area contributed by atoms with E-state index in [1.54, 1.807) is 11.9 Å². The fourth-order valence-electron chi connectivity index (χ4n) is 2.72. The smallest absolute Gasteiger partial charge is 0.233 e. The van der Waals surface area contributed by atoms with Crippen LogP contribution >= 0.6 is 11.8 Å². The van der Waals surface area contributed by atoms with Crippen LogP contribution in [0.1, 0.15) is 43.2 Å². The minimum atomic E-state index is 0.0108. The van der Waals surface area contributed by atoms with E-state index in [-0.39, 0.29) is 5.91 Å².